The van der Waals surface area contributed by atoms with Crippen molar-refractivity contribution in [3.05, 3.63) is 23.3 Å². The summed E-state index contributed by atoms with van der Waals surface area (Å²) in [4.78, 5) is 9.23. The number of carbonyl (C=O) groups excluding carboxylic acids is 1. The average molecular weight is 176 g/mol. The lowest BCUT2D eigenvalue weighted by Gasteiger charge is -2.15. The standard InChI is InChI=1S/C7H5Cl2O/c8-6-1-3-7(9,5-10)4-2-6/h1-3H,4H2. The highest BCUT2D eigenvalue weighted by atomic mass is 35.5. The lowest BCUT2D eigenvalue weighted by molar-refractivity contribution is 0.542. The van der Waals surface area contributed by atoms with E-state index < -0.39 is 4.87 Å². The average Bonchev–Trinajstić information content (AvgIpc) is 1.96. The van der Waals surface area contributed by atoms with Gasteiger partial charge >= 0.3 is 0 Å². The molecule has 0 saturated carbocycles. The molecule has 0 fully saturated rings. The van der Waals surface area contributed by atoms with Gasteiger partial charge < -0.3 is 0 Å². The van der Waals surface area contributed by atoms with E-state index in [4.69, 9.17) is 23.2 Å². The number of alkyl halides is 1. The zero-order valence-electron chi connectivity index (χ0n) is 5.10. The van der Waals surface area contributed by atoms with Crippen LogP contribution in [0.5, 0.6) is 0 Å². The van der Waals surface area contributed by atoms with Gasteiger partial charge in [-0.1, -0.05) is 23.8 Å². The van der Waals surface area contributed by atoms with Gasteiger partial charge in [-0.3, -0.25) is 4.79 Å². The van der Waals surface area contributed by atoms with Gasteiger partial charge in [-0.15, -0.1) is 11.6 Å². The minimum absolute atomic E-state index is 0.424. The second-order valence-electron chi connectivity index (χ2n) is 2.09. The summed E-state index contributed by atoms with van der Waals surface area (Å²) in [6, 6.07) is 0. The molecule has 1 aliphatic carbocycles. The Bertz CT molecular complexity index is 208. The first-order valence-corrected chi connectivity index (χ1v) is 3.55. The largest absolute Gasteiger partial charge is 0.288 e. The summed E-state index contributed by atoms with van der Waals surface area (Å²) in [5.74, 6) is 0. The molecule has 1 radical (unpaired) electrons. The van der Waals surface area contributed by atoms with Gasteiger partial charge in [0.25, 0.3) is 0 Å². The normalized spacial score (nSPS) is 31.6. The van der Waals surface area contributed by atoms with Crippen LogP contribution < -0.4 is 0 Å². The van der Waals surface area contributed by atoms with Crippen molar-refractivity contribution in [2.24, 2.45) is 0 Å². The molecule has 0 aromatic rings. The molecule has 10 heavy (non-hydrogen) atoms. The Balaban J connectivity index is 2.76. The van der Waals surface area contributed by atoms with Crippen molar-refractivity contribution in [1.82, 2.24) is 0 Å². The summed E-state index contributed by atoms with van der Waals surface area (Å²) in [7, 11) is 0. The van der Waals surface area contributed by atoms with Gasteiger partial charge in [-0.25, -0.2) is 0 Å². The fraction of sp³-hybridized carbons (Fsp3) is 0.286. The summed E-state index contributed by atoms with van der Waals surface area (Å²) < 4.78 is 0. The monoisotopic (exact) mass is 175 g/mol. The van der Waals surface area contributed by atoms with E-state index in [1.54, 1.807) is 24.5 Å². The Morgan fingerprint density at radius 1 is 1.70 bits per heavy atom. The zero-order chi connectivity index (χ0) is 7.61. The first-order chi connectivity index (χ1) is 4.66. The van der Waals surface area contributed by atoms with Gasteiger partial charge in [0.2, 0.25) is 6.29 Å². The molecule has 0 heterocycles. The van der Waals surface area contributed by atoms with E-state index in [0.29, 0.717) is 11.5 Å². The quantitative estimate of drug-likeness (QED) is 0.559. The molecule has 0 amide bonds. The van der Waals surface area contributed by atoms with Gasteiger partial charge in [-0.2, -0.15) is 0 Å². The van der Waals surface area contributed by atoms with Crippen LogP contribution in [0.1, 0.15) is 6.42 Å². The molecule has 3 heteroatoms. The van der Waals surface area contributed by atoms with Crippen LogP contribution in [0.2, 0.25) is 0 Å². The first kappa shape index (κ1) is 7.83. The van der Waals surface area contributed by atoms with Crippen molar-refractivity contribution in [2.45, 2.75) is 11.3 Å². The van der Waals surface area contributed by atoms with E-state index in [2.05, 4.69) is 0 Å². The Morgan fingerprint density at radius 3 is 2.80 bits per heavy atom. The third kappa shape index (κ3) is 1.61. The molecule has 53 valence electrons. The highest BCUT2D eigenvalue weighted by Crippen LogP contribution is 2.26. The van der Waals surface area contributed by atoms with Crippen LogP contribution in [0.15, 0.2) is 23.3 Å². The predicted molar refractivity (Wildman–Crippen MR) is 42.0 cm³/mol. The summed E-state index contributed by atoms with van der Waals surface area (Å²) in [6.07, 6.45) is 6.99. The highest BCUT2D eigenvalue weighted by Gasteiger charge is 2.25. The van der Waals surface area contributed by atoms with Crippen LogP contribution in [0, 0.1) is 0 Å². The molecule has 1 unspecified atom stereocenters. The molecule has 0 aliphatic heterocycles. The van der Waals surface area contributed by atoms with Crippen molar-refractivity contribution >= 4 is 29.5 Å². The summed E-state index contributed by atoms with van der Waals surface area (Å²) in [6.45, 7) is 0. The topological polar surface area (TPSA) is 17.1 Å². The maximum atomic E-state index is 10.2. The Hall–Kier alpha value is -0.270. The van der Waals surface area contributed by atoms with Gasteiger partial charge in [0.05, 0.1) is 0 Å². The molecule has 1 nitrogen and oxygen atoms in total. The van der Waals surface area contributed by atoms with Crippen molar-refractivity contribution in [1.29, 1.82) is 0 Å². The number of rotatable bonds is 1. The smallest absolute Gasteiger partial charge is 0.225 e. The van der Waals surface area contributed by atoms with Crippen molar-refractivity contribution < 1.29 is 4.79 Å². The number of halogens is 2. The second kappa shape index (κ2) is 2.77. The Labute approximate surface area is 69.3 Å². The fourth-order valence-electron chi connectivity index (χ4n) is 0.670. The van der Waals surface area contributed by atoms with Crippen molar-refractivity contribution in [3.8, 4) is 0 Å². The zero-order valence-corrected chi connectivity index (χ0v) is 6.62. The van der Waals surface area contributed by atoms with Crippen LogP contribution in [0.25, 0.3) is 0 Å². The highest BCUT2D eigenvalue weighted by molar-refractivity contribution is 6.35. The van der Waals surface area contributed by atoms with E-state index in [1.807, 2.05) is 0 Å². The van der Waals surface area contributed by atoms with Gasteiger partial charge in [0, 0.05) is 5.03 Å². The number of hydrogen-bond acceptors (Lipinski definition) is 1. The molecular formula is C7H5Cl2O. The van der Waals surface area contributed by atoms with Crippen LogP contribution in [-0.2, 0) is 4.79 Å². The summed E-state index contributed by atoms with van der Waals surface area (Å²) >= 11 is 11.3. The van der Waals surface area contributed by atoms with Crippen molar-refractivity contribution in [2.75, 3.05) is 0 Å². The van der Waals surface area contributed by atoms with E-state index in [0.717, 1.165) is 0 Å². The summed E-state index contributed by atoms with van der Waals surface area (Å²) in [5, 5.41) is 0.617. The van der Waals surface area contributed by atoms with Crippen LogP contribution in [0.4, 0.5) is 0 Å². The molecule has 1 rings (SSSR count). The van der Waals surface area contributed by atoms with Crippen molar-refractivity contribution in [3.63, 3.8) is 0 Å². The second-order valence-corrected chi connectivity index (χ2v) is 3.20. The summed E-state index contributed by atoms with van der Waals surface area (Å²) in [5.41, 5.74) is 0. The number of allylic oxidation sites excluding steroid dienone is 4. The lowest BCUT2D eigenvalue weighted by Crippen LogP contribution is -2.20. The Morgan fingerprint density at radius 2 is 2.40 bits per heavy atom. The molecular weight excluding hydrogens is 171 g/mol. The van der Waals surface area contributed by atoms with Gasteiger partial charge in [-0.05, 0) is 12.5 Å². The Kier molecular flexibility index (Phi) is 2.17. The minimum atomic E-state index is -0.974. The third-order valence-electron chi connectivity index (χ3n) is 1.27. The van der Waals surface area contributed by atoms with Crippen LogP contribution >= 0.6 is 23.2 Å². The SMILES string of the molecule is O=[C]C1(Cl)C=CC(Cl)=CC1. The van der Waals surface area contributed by atoms with E-state index in [9.17, 15) is 4.79 Å². The maximum Gasteiger partial charge on any atom is 0.225 e. The molecule has 1 aliphatic rings. The van der Waals surface area contributed by atoms with Crippen LogP contribution in [-0.4, -0.2) is 11.2 Å². The van der Waals surface area contributed by atoms with Crippen LogP contribution in [0.3, 0.4) is 0 Å². The van der Waals surface area contributed by atoms with Gasteiger partial charge in [0.1, 0.15) is 4.87 Å². The van der Waals surface area contributed by atoms with E-state index in [1.165, 1.54) is 0 Å². The molecule has 0 aromatic carbocycles. The molecule has 0 N–H and O–H groups in total. The number of hydrogen-bond donors (Lipinski definition) is 0. The van der Waals surface area contributed by atoms with Gasteiger partial charge in [0.15, 0.2) is 0 Å². The molecule has 1 atom stereocenters. The maximum absolute atomic E-state index is 10.2. The fourth-order valence-corrected chi connectivity index (χ4v) is 0.950. The molecule has 0 bridgehead atoms. The molecule has 0 aromatic heterocycles. The lowest BCUT2D eigenvalue weighted by atomic mass is 10.0. The first-order valence-electron chi connectivity index (χ1n) is 2.79. The van der Waals surface area contributed by atoms with E-state index in [-0.39, 0.29) is 0 Å². The van der Waals surface area contributed by atoms with E-state index >= 15 is 0 Å². The third-order valence-corrected chi connectivity index (χ3v) is 1.91. The molecule has 0 saturated heterocycles. The minimum Gasteiger partial charge on any atom is -0.288 e. The molecule has 0 spiro atoms. The predicted octanol–water partition coefficient (Wildman–Crippen LogP) is 2.16.